The van der Waals surface area contributed by atoms with E-state index in [1.807, 2.05) is 19.1 Å². The Labute approximate surface area is 83.3 Å². The van der Waals surface area contributed by atoms with Crippen LogP contribution in [0.3, 0.4) is 0 Å². The fourth-order valence-corrected chi connectivity index (χ4v) is 1.58. The van der Waals surface area contributed by atoms with Crippen molar-refractivity contribution in [3.8, 4) is 5.75 Å². The van der Waals surface area contributed by atoms with Gasteiger partial charge in [0.1, 0.15) is 12.9 Å². The number of ether oxygens (including phenoxy) is 1. The number of aryl methyl sites for hydroxylation is 1. The predicted octanol–water partition coefficient (Wildman–Crippen LogP) is 2.13. The first-order chi connectivity index (χ1) is 6.81. The fraction of sp³-hybridized carbons (Fsp3) is 0.364. The van der Waals surface area contributed by atoms with Crippen LogP contribution in [0.5, 0.6) is 5.75 Å². The molecule has 0 aromatic heterocycles. The molecule has 0 unspecified atom stereocenters. The Hall–Kier alpha value is -1.51. The standard InChI is InChI=1S/C11H13NO2/c1-8-3-4-9-10(12-13-2)5-6-14-11(9)7-8/h3-4,7H,5-6H2,1-2H3/b12-10+. The summed E-state index contributed by atoms with van der Waals surface area (Å²) < 4.78 is 5.54. The molecule has 1 heterocycles. The van der Waals surface area contributed by atoms with Gasteiger partial charge in [-0.25, -0.2) is 0 Å². The van der Waals surface area contributed by atoms with E-state index in [4.69, 9.17) is 9.57 Å². The predicted molar refractivity (Wildman–Crippen MR) is 54.8 cm³/mol. The average molecular weight is 191 g/mol. The summed E-state index contributed by atoms with van der Waals surface area (Å²) in [5, 5.41) is 3.99. The van der Waals surface area contributed by atoms with Gasteiger partial charge in [0.2, 0.25) is 0 Å². The number of fused-ring (bicyclic) bond motifs is 1. The van der Waals surface area contributed by atoms with Gasteiger partial charge in [-0.1, -0.05) is 11.2 Å². The van der Waals surface area contributed by atoms with Crippen molar-refractivity contribution in [3.05, 3.63) is 29.3 Å². The Bertz CT molecular complexity index is 372. The van der Waals surface area contributed by atoms with Gasteiger partial charge in [0.05, 0.1) is 12.3 Å². The molecule has 1 aromatic rings. The number of rotatable bonds is 1. The molecule has 0 spiro atoms. The van der Waals surface area contributed by atoms with E-state index in [0.717, 1.165) is 23.4 Å². The zero-order chi connectivity index (χ0) is 9.97. The summed E-state index contributed by atoms with van der Waals surface area (Å²) >= 11 is 0. The van der Waals surface area contributed by atoms with Crippen molar-refractivity contribution >= 4 is 5.71 Å². The highest BCUT2D eigenvalue weighted by Crippen LogP contribution is 2.26. The van der Waals surface area contributed by atoms with Gasteiger partial charge in [0.25, 0.3) is 0 Å². The van der Waals surface area contributed by atoms with Gasteiger partial charge in [-0.2, -0.15) is 0 Å². The summed E-state index contributed by atoms with van der Waals surface area (Å²) in [7, 11) is 1.57. The van der Waals surface area contributed by atoms with Gasteiger partial charge in [-0.05, 0) is 24.6 Å². The van der Waals surface area contributed by atoms with Gasteiger partial charge < -0.3 is 9.57 Å². The highest BCUT2D eigenvalue weighted by Gasteiger charge is 2.16. The molecule has 0 atom stereocenters. The van der Waals surface area contributed by atoms with Gasteiger partial charge in [-0.15, -0.1) is 0 Å². The number of benzene rings is 1. The van der Waals surface area contributed by atoms with E-state index in [2.05, 4.69) is 11.2 Å². The van der Waals surface area contributed by atoms with E-state index in [-0.39, 0.29) is 0 Å². The smallest absolute Gasteiger partial charge is 0.128 e. The first-order valence-electron chi connectivity index (χ1n) is 4.65. The molecule has 0 radical (unpaired) electrons. The Morgan fingerprint density at radius 2 is 2.29 bits per heavy atom. The molecule has 3 nitrogen and oxygen atoms in total. The zero-order valence-corrected chi connectivity index (χ0v) is 8.41. The molecule has 14 heavy (non-hydrogen) atoms. The van der Waals surface area contributed by atoms with Crippen molar-refractivity contribution in [2.75, 3.05) is 13.7 Å². The molecule has 1 aromatic carbocycles. The Balaban J connectivity index is 2.45. The molecule has 74 valence electrons. The lowest BCUT2D eigenvalue weighted by atomic mass is 10.0. The molecule has 0 fully saturated rings. The molecule has 0 saturated carbocycles. The van der Waals surface area contributed by atoms with Crippen LogP contribution in [0.25, 0.3) is 0 Å². The molecule has 0 N–H and O–H groups in total. The normalized spacial score (nSPS) is 17.4. The van der Waals surface area contributed by atoms with Crippen molar-refractivity contribution in [1.29, 1.82) is 0 Å². The van der Waals surface area contributed by atoms with Crippen LogP contribution in [0, 0.1) is 6.92 Å². The minimum absolute atomic E-state index is 0.679. The van der Waals surface area contributed by atoms with Crippen molar-refractivity contribution in [3.63, 3.8) is 0 Å². The molecule has 0 saturated heterocycles. The third-order valence-electron chi connectivity index (χ3n) is 2.25. The first kappa shape index (κ1) is 9.06. The third-order valence-corrected chi connectivity index (χ3v) is 2.25. The van der Waals surface area contributed by atoms with E-state index >= 15 is 0 Å². The lowest BCUT2D eigenvalue weighted by Gasteiger charge is -2.18. The monoisotopic (exact) mass is 191 g/mol. The highest BCUT2D eigenvalue weighted by atomic mass is 16.6. The summed E-state index contributed by atoms with van der Waals surface area (Å²) in [6, 6.07) is 6.11. The van der Waals surface area contributed by atoms with Crippen molar-refractivity contribution in [2.45, 2.75) is 13.3 Å². The van der Waals surface area contributed by atoms with Crippen molar-refractivity contribution < 1.29 is 9.57 Å². The Kier molecular flexibility index (Phi) is 2.39. The number of hydrogen-bond acceptors (Lipinski definition) is 3. The van der Waals surface area contributed by atoms with E-state index in [1.165, 1.54) is 5.56 Å². The molecule has 1 aliphatic heterocycles. The topological polar surface area (TPSA) is 30.8 Å². The van der Waals surface area contributed by atoms with Crippen LogP contribution >= 0.6 is 0 Å². The number of nitrogens with zero attached hydrogens (tertiary/aromatic N) is 1. The number of oxime groups is 1. The van der Waals surface area contributed by atoms with Gasteiger partial charge >= 0.3 is 0 Å². The van der Waals surface area contributed by atoms with Crippen molar-refractivity contribution in [2.24, 2.45) is 5.16 Å². The van der Waals surface area contributed by atoms with Crippen LogP contribution in [0.15, 0.2) is 23.4 Å². The molecular weight excluding hydrogens is 178 g/mol. The van der Waals surface area contributed by atoms with E-state index in [0.29, 0.717) is 6.61 Å². The van der Waals surface area contributed by atoms with Crippen LogP contribution in [-0.2, 0) is 4.84 Å². The Morgan fingerprint density at radius 1 is 1.43 bits per heavy atom. The molecule has 1 aliphatic rings. The van der Waals surface area contributed by atoms with E-state index < -0.39 is 0 Å². The summed E-state index contributed by atoms with van der Waals surface area (Å²) in [6.07, 6.45) is 0.809. The number of hydrogen-bond donors (Lipinski definition) is 0. The average Bonchev–Trinajstić information content (AvgIpc) is 2.18. The van der Waals surface area contributed by atoms with E-state index in [9.17, 15) is 0 Å². The first-order valence-corrected chi connectivity index (χ1v) is 4.65. The molecule has 2 rings (SSSR count). The van der Waals surface area contributed by atoms with Crippen LogP contribution in [0.2, 0.25) is 0 Å². The summed E-state index contributed by atoms with van der Waals surface area (Å²) in [6.45, 7) is 2.73. The largest absolute Gasteiger partial charge is 0.492 e. The second-order valence-corrected chi connectivity index (χ2v) is 3.32. The second kappa shape index (κ2) is 3.70. The maximum absolute atomic E-state index is 5.54. The second-order valence-electron chi connectivity index (χ2n) is 3.32. The highest BCUT2D eigenvalue weighted by molar-refractivity contribution is 6.03. The molecular formula is C11H13NO2. The molecule has 3 heteroatoms. The van der Waals surface area contributed by atoms with Crippen LogP contribution in [-0.4, -0.2) is 19.4 Å². The summed E-state index contributed by atoms with van der Waals surface area (Å²) in [4.78, 5) is 4.80. The summed E-state index contributed by atoms with van der Waals surface area (Å²) in [5.41, 5.74) is 3.21. The minimum Gasteiger partial charge on any atom is -0.492 e. The van der Waals surface area contributed by atoms with Crippen molar-refractivity contribution in [1.82, 2.24) is 0 Å². The van der Waals surface area contributed by atoms with Gasteiger partial charge in [-0.3, -0.25) is 0 Å². The SMILES string of the molecule is CO/N=C1\CCOc2cc(C)ccc21. The zero-order valence-electron chi connectivity index (χ0n) is 8.41. The van der Waals surface area contributed by atoms with Crippen LogP contribution < -0.4 is 4.74 Å². The van der Waals surface area contributed by atoms with E-state index in [1.54, 1.807) is 7.11 Å². The molecule has 0 amide bonds. The molecule has 0 bridgehead atoms. The van der Waals surface area contributed by atoms with Gasteiger partial charge in [0, 0.05) is 12.0 Å². The molecule has 0 aliphatic carbocycles. The summed E-state index contributed by atoms with van der Waals surface area (Å²) in [5.74, 6) is 0.909. The van der Waals surface area contributed by atoms with Crippen LogP contribution in [0.1, 0.15) is 17.5 Å². The third kappa shape index (κ3) is 1.58. The minimum atomic E-state index is 0.679. The lowest BCUT2D eigenvalue weighted by molar-refractivity contribution is 0.210. The van der Waals surface area contributed by atoms with Gasteiger partial charge in [0.15, 0.2) is 0 Å². The lowest BCUT2D eigenvalue weighted by Crippen LogP contribution is -2.16. The maximum atomic E-state index is 5.54. The van der Waals surface area contributed by atoms with Crippen LogP contribution in [0.4, 0.5) is 0 Å². The fourth-order valence-electron chi connectivity index (χ4n) is 1.58. The quantitative estimate of drug-likeness (QED) is 0.637. The Morgan fingerprint density at radius 3 is 3.07 bits per heavy atom. The maximum Gasteiger partial charge on any atom is 0.128 e.